The second-order valence-corrected chi connectivity index (χ2v) is 5.93. The van der Waals surface area contributed by atoms with Gasteiger partial charge in [-0.3, -0.25) is 4.79 Å². The Hall–Kier alpha value is -2.07. The van der Waals surface area contributed by atoms with Crippen LogP contribution in [0.2, 0.25) is 0 Å². The first-order valence-electron chi connectivity index (χ1n) is 7.69. The third-order valence-corrected chi connectivity index (χ3v) is 3.71. The van der Waals surface area contributed by atoms with Crippen LogP contribution < -0.4 is 5.32 Å². The Labute approximate surface area is 131 Å². The van der Waals surface area contributed by atoms with E-state index < -0.39 is 6.10 Å². The van der Waals surface area contributed by atoms with E-state index in [1.807, 2.05) is 74.0 Å². The van der Waals surface area contributed by atoms with Gasteiger partial charge >= 0.3 is 0 Å². The molecule has 0 spiro atoms. The molecule has 0 radical (unpaired) electrons. The molecule has 1 amide bonds. The maximum Gasteiger partial charge on any atom is 0.268 e. The van der Waals surface area contributed by atoms with E-state index >= 15 is 0 Å². The SMILES string of the molecule is CC(CC(O)c1ccccc1)NC(=O)c1cccn1C(C)C. The van der Waals surface area contributed by atoms with Crippen molar-refractivity contribution < 1.29 is 9.90 Å². The van der Waals surface area contributed by atoms with Gasteiger partial charge in [0.15, 0.2) is 0 Å². The lowest BCUT2D eigenvalue weighted by molar-refractivity contribution is 0.0906. The molecule has 0 saturated heterocycles. The first kappa shape index (κ1) is 16.3. The van der Waals surface area contributed by atoms with Crippen molar-refractivity contribution in [2.45, 2.75) is 45.4 Å². The van der Waals surface area contributed by atoms with E-state index in [-0.39, 0.29) is 18.0 Å². The summed E-state index contributed by atoms with van der Waals surface area (Å²) in [6.07, 6.45) is 1.81. The highest BCUT2D eigenvalue weighted by atomic mass is 16.3. The van der Waals surface area contributed by atoms with Crippen LogP contribution in [0.15, 0.2) is 48.7 Å². The summed E-state index contributed by atoms with van der Waals surface area (Å²) in [5.41, 5.74) is 1.52. The van der Waals surface area contributed by atoms with Crippen LogP contribution in [0.3, 0.4) is 0 Å². The van der Waals surface area contributed by atoms with E-state index in [2.05, 4.69) is 5.32 Å². The summed E-state index contributed by atoms with van der Waals surface area (Å²) in [4.78, 5) is 12.3. The van der Waals surface area contributed by atoms with Gasteiger partial charge in [-0.2, -0.15) is 0 Å². The van der Waals surface area contributed by atoms with Gasteiger partial charge in [0.05, 0.1) is 6.10 Å². The Balaban J connectivity index is 1.95. The van der Waals surface area contributed by atoms with Crippen LogP contribution in [-0.2, 0) is 0 Å². The maximum absolute atomic E-state index is 12.3. The molecule has 22 heavy (non-hydrogen) atoms. The molecule has 2 N–H and O–H groups in total. The lowest BCUT2D eigenvalue weighted by Gasteiger charge is -2.19. The van der Waals surface area contributed by atoms with Gasteiger partial charge in [-0.25, -0.2) is 0 Å². The molecular weight excluding hydrogens is 276 g/mol. The van der Waals surface area contributed by atoms with Gasteiger partial charge in [0, 0.05) is 18.3 Å². The Morgan fingerprint density at radius 1 is 1.14 bits per heavy atom. The minimum atomic E-state index is -0.576. The summed E-state index contributed by atoms with van der Waals surface area (Å²) in [7, 11) is 0. The molecule has 118 valence electrons. The molecular formula is C18H24N2O2. The molecule has 0 saturated carbocycles. The second-order valence-electron chi connectivity index (χ2n) is 5.93. The smallest absolute Gasteiger partial charge is 0.268 e. The first-order valence-corrected chi connectivity index (χ1v) is 7.69. The average Bonchev–Trinajstić information content (AvgIpc) is 2.97. The highest BCUT2D eigenvalue weighted by molar-refractivity contribution is 5.93. The highest BCUT2D eigenvalue weighted by Gasteiger charge is 2.17. The van der Waals surface area contributed by atoms with Crippen LogP contribution in [0, 0.1) is 0 Å². The number of aromatic nitrogens is 1. The number of carbonyl (C=O) groups excluding carboxylic acids is 1. The lowest BCUT2D eigenvalue weighted by Crippen LogP contribution is -2.35. The molecule has 2 atom stereocenters. The van der Waals surface area contributed by atoms with E-state index in [4.69, 9.17) is 0 Å². The van der Waals surface area contributed by atoms with Crippen molar-refractivity contribution in [3.63, 3.8) is 0 Å². The number of hydrogen-bond acceptors (Lipinski definition) is 2. The number of carbonyl (C=O) groups is 1. The van der Waals surface area contributed by atoms with Crippen LogP contribution in [0.4, 0.5) is 0 Å². The summed E-state index contributed by atoms with van der Waals surface area (Å²) in [6, 6.07) is 13.3. The molecule has 2 rings (SSSR count). The molecule has 4 nitrogen and oxygen atoms in total. The van der Waals surface area contributed by atoms with Crippen LogP contribution in [0.5, 0.6) is 0 Å². The maximum atomic E-state index is 12.3. The summed E-state index contributed by atoms with van der Waals surface area (Å²) in [5.74, 6) is -0.105. The molecule has 0 fully saturated rings. The minimum Gasteiger partial charge on any atom is -0.388 e. The number of benzene rings is 1. The number of nitrogens with one attached hydrogen (secondary N) is 1. The van der Waals surface area contributed by atoms with Crippen molar-refractivity contribution in [2.24, 2.45) is 0 Å². The van der Waals surface area contributed by atoms with Crippen LogP contribution >= 0.6 is 0 Å². The van der Waals surface area contributed by atoms with Gasteiger partial charge in [-0.15, -0.1) is 0 Å². The molecule has 2 unspecified atom stereocenters. The summed E-state index contributed by atoms with van der Waals surface area (Å²) >= 11 is 0. The van der Waals surface area contributed by atoms with Crippen molar-refractivity contribution in [2.75, 3.05) is 0 Å². The fraction of sp³-hybridized carbons (Fsp3) is 0.389. The first-order chi connectivity index (χ1) is 10.5. The standard InChI is InChI=1S/C18H24N2O2/c1-13(2)20-11-7-10-16(20)18(22)19-14(3)12-17(21)15-8-5-4-6-9-15/h4-11,13-14,17,21H,12H2,1-3H3,(H,19,22). The molecule has 0 bridgehead atoms. The van der Waals surface area contributed by atoms with Gasteiger partial charge in [0.2, 0.25) is 0 Å². The Morgan fingerprint density at radius 2 is 1.82 bits per heavy atom. The topological polar surface area (TPSA) is 54.3 Å². The quantitative estimate of drug-likeness (QED) is 0.860. The fourth-order valence-corrected chi connectivity index (χ4v) is 2.54. The van der Waals surface area contributed by atoms with Crippen molar-refractivity contribution in [1.29, 1.82) is 0 Å². The van der Waals surface area contributed by atoms with E-state index in [1.54, 1.807) is 0 Å². The zero-order valence-corrected chi connectivity index (χ0v) is 13.4. The van der Waals surface area contributed by atoms with E-state index in [1.165, 1.54) is 0 Å². The van der Waals surface area contributed by atoms with Gasteiger partial charge in [-0.05, 0) is 44.9 Å². The van der Waals surface area contributed by atoms with E-state index in [0.29, 0.717) is 12.1 Å². The third kappa shape index (κ3) is 3.98. The van der Waals surface area contributed by atoms with E-state index in [9.17, 15) is 9.90 Å². The molecule has 1 heterocycles. The van der Waals surface area contributed by atoms with Gasteiger partial charge in [0.1, 0.15) is 5.69 Å². The Bertz CT molecular complexity index is 605. The molecule has 0 aliphatic heterocycles. The molecule has 1 aromatic heterocycles. The zero-order valence-electron chi connectivity index (χ0n) is 13.4. The minimum absolute atomic E-state index is 0.105. The average molecular weight is 300 g/mol. The van der Waals surface area contributed by atoms with Gasteiger partial charge < -0.3 is 15.0 Å². The van der Waals surface area contributed by atoms with Gasteiger partial charge in [-0.1, -0.05) is 30.3 Å². The number of amides is 1. The summed E-state index contributed by atoms with van der Waals surface area (Å²) in [5, 5.41) is 13.2. The number of nitrogens with zero attached hydrogens (tertiary/aromatic N) is 1. The van der Waals surface area contributed by atoms with Crippen molar-refractivity contribution in [3.05, 3.63) is 59.9 Å². The Kier molecular flexibility index (Phi) is 5.39. The van der Waals surface area contributed by atoms with Crippen LogP contribution in [0.1, 0.15) is 55.4 Å². The predicted octanol–water partition coefficient (Wildman–Crippen LogP) is 3.31. The number of aliphatic hydroxyl groups excluding tert-OH is 1. The lowest BCUT2D eigenvalue weighted by atomic mass is 10.0. The highest BCUT2D eigenvalue weighted by Crippen LogP contribution is 2.18. The monoisotopic (exact) mass is 300 g/mol. The van der Waals surface area contributed by atoms with Crippen LogP contribution in [0.25, 0.3) is 0 Å². The van der Waals surface area contributed by atoms with Gasteiger partial charge in [0.25, 0.3) is 5.91 Å². The predicted molar refractivity (Wildman–Crippen MR) is 87.8 cm³/mol. The van der Waals surface area contributed by atoms with E-state index in [0.717, 1.165) is 5.56 Å². The van der Waals surface area contributed by atoms with Crippen molar-refractivity contribution in [3.8, 4) is 0 Å². The van der Waals surface area contributed by atoms with Crippen molar-refractivity contribution >= 4 is 5.91 Å². The summed E-state index contributed by atoms with van der Waals surface area (Å²) < 4.78 is 1.94. The van der Waals surface area contributed by atoms with Crippen molar-refractivity contribution in [1.82, 2.24) is 9.88 Å². The number of hydrogen-bond donors (Lipinski definition) is 2. The molecule has 2 aromatic rings. The summed E-state index contributed by atoms with van der Waals surface area (Å²) in [6.45, 7) is 5.99. The third-order valence-electron chi connectivity index (χ3n) is 3.71. The Morgan fingerprint density at radius 3 is 2.45 bits per heavy atom. The fourth-order valence-electron chi connectivity index (χ4n) is 2.54. The zero-order chi connectivity index (χ0) is 16.1. The molecule has 1 aromatic carbocycles. The number of rotatable bonds is 6. The number of aliphatic hydroxyl groups is 1. The normalized spacial score (nSPS) is 13.9. The molecule has 0 aliphatic carbocycles. The molecule has 4 heteroatoms. The molecule has 0 aliphatic rings. The second kappa shape index (κ2) is 7.27. The largest absolute Gasteiger partial charge is 0.388 e. The van der Waals surface area contributed by atoms with Crippen LogP contribution in [-0.4, -0.2) is 21.6 Å².